The monoisotopic (exact) mass is 283 g/mol. The Balaban J connectivity index is 2.07. The van der Waals surface area contributed by atoms with Crippen LogP contribution in [0, 0.1) is 5.82 Å². The van der Waals surface area contributed by atoms with Crippen LogP contribution >= 0.6 is 0 Å². The zero-order valence-electron chi connectivity index (χ0n) is 12.0. The fourth-order valence-electron chi connectivity index (χ4n) is 2.47. The maximum atomic E-state index is 14.2. The molecule has 0 saturated heterocycles. The second-order valence-electron chi connectivity index (χ2n) is 5.03. The smallest absolute Gasteiger partial charge is 0.129 e. The van der Waals surface area contributed by atoms with Gasteiger partial charge in [0.25, 0.3) is 0 Å². The lowest BCUT2D eigenvalue weighted by Gasteiger charge is -2.12. The third kappa shape index (κ3) is 2.67. The molecule has 108 valence electrons. The lowest BCUT2D eigenvalue weighted by atomic mass is 10.1. The Kier molecular flexibility index (Phi) is 3.97. The van der Waals surface area contributed by atoms with Crippen LogP contribution in [0.1, 0.15) is 18.9 Å². The molecule has 21 heavy (non-hydrogen) atoms. The van der Waals surface area contributed by atoms with Crippen LogP contribution in [0.2, 0.25) is 0 Å². The summed E-state index contributed by atoms with van der Waals surface area (Å²) in [5.74, 6) is -0.198. The van der Waals surface area contributed by atoms with Crippen LogP contribution in [0.4, 0.5) is 4.39 Å². The van der Waals surface area contributed by atoms with Crippen molar-refractivity contribution in [2.75, 3.05) is 6.54 Å². The molecule has 0 radical (unpaired) electrons. The second kappa shape index (κ2) is 6.06. The molecule has 0 spiro atoms. The fraction of sp³-hybridized carbons (Fsp3) is 0.235. The van der Waals surface area contributed by atoms with Gasteiger partial charge in [-0.2, -0.15) is 5.10 Å². The van der Waals surface area contributed by atoms with Gasteiger partial charge in [0.2, 0.25) is 0 Å². The van der Waals surface area contributed by atoms with Gasteiger partial charge in [0.1, 0.15) is 5.82 Å². The van der Waals surface area contributed by atoms with Gasteiger partial charge in [0.05, 0.1) is 17.4 Å². The van der Waals surface area contributed by atoms with Crippen LogP contribution in [0.3, 0.4) is 0 Å². The molecule has 1 aromatic heterocycles. The van der Waals surface area contributed by atoms with Crippen molar-refractivity contribution in [3.8, 4) is 5.69 Å². The predicted molar refractivity (Wildman–Crippen MR) is 83.0 cm³/mol. The van der Waals surface area contributed by atoms with Crippen molar-refractivity contribution < 1.29 is 4.39 Å². The zero-order chi connectivity index (χ0) is 14.7. The van der Waals surface area contributed by atoms with E-state index in [0.717, 1.165) is 29.6 Å². The topological polar surface area (TPSA) is 29.9 Å². The third-order valence-corrected chi connectivity index (χ3v) is 3.53. The highest BCUT2D eigenvalue weighted by molar-refractivity contribution is 5.80. The van der Waals surface area contributed by atoms with Gasteiger partial charge >= 0.3 is 0 Å². The maximum Gasteiger partial charge on any atom is 0.129 e. The highest BCUT2D eigenvalue weighted by Crippen LogP contribution is 2.22. The molecule has 3 aromatic rings. The van der Waals surface area contributed by atoms with Gasteiger partial charge in [-0.3, -0.25) is 0 Å². The summed E-state index contributed by atoms with van der Waals surface area (Å²) in [6, 6.07) is 13.1. The normalized spacial score (nSPS) is 11.1. The number of halogens is 1. The lowest BCUT2D eigenvalue weighted by Crippen LogP contribution is -2.17. The van der Waals surface area contributed by atoms with E-state index in [4.69, 9.17) is 0 Å². The Morgan fingerprint density at radius 1 is 1.14 bits per heavy atom. The Labute approximate surface area is 123 Å². The minimum Gasteiger partial charge on any atom is -0.312 e. The van der Waals surface area contributed by atoms with Gasteiger partial charge in [-0.05, 0) is 31.2 Å². The van der Waals surface area contributed by atoms with E-state index in [2.05, 4.69) is 17.3 Å². The number of nitrogens with one attached hydrogen (secondary N) is 1. The van der Waals surface area contributed by atoms with E-state index in [-0.39, 0.29) is 5.82 Å². The van der Waals surface area contributed by atoms with Crippen molar-refractivity contribution in [2.24, 2.45) is 0 Å². The molecule has 0 fully saturated rings. The lowest BCUT2D eigenvalue weighted by molar-refractivity contribution is 0.583. The summed E-state index contributed by atoms with van der Waals surface area (Å²) in [6.07, 6.45) is 2.83. The first-order valence-electron chi connectivity index (χ1n) is 7.22. The Hall–Kier alpha value is -2.20. The van der Waals surface area contributed by atoms with E-state index in [9.17, 15) is 4.39 Å². The molecule has 0 aliphatic heterocycles. The van der Waals surface area contributed by atoms with Crippen LogP contribution in [-0.4, -0.2) is 16.3 Å². The van der Waals surface area contributed by atoms with E-state index < -0.39 is 0 Å². The van der Waals surface area contributed by atoms with Crippen molar-refractivity contribution in [1.82, 2.24) is 15.1 Å². The van der Waals surface area contributed by atoms with E-state index >= 15 is 0 Å². The summed E-state index contributed by atoms with van der Waals surface area (Å²) >= 11 is 0. The van der Waals surface area contributed by atoms with Gasteiger partial charge in [-0.1, -0.05) is 31.2 Å². The minimum absolute atomic E-state index is 0.198. The molecular weight excluding hydrogens is 265 g/mol. The zero-order valence-corrected chi connectivity index (χ0v) is 12.0. The Bertz CT molecular complexity index is 749. The Morgan fingerprint density at radius 2 is 2.00 bits per heavy atom. The maximum absolute atomic E-state index is 14.2. The third-order valence-electron chi connectivity index (χ3n) is 3.53. The number of hydrogen-bond acceptors (Lipinski definition) is 2. The molecule has 2 aromatic carbocycles. The first-order chi connectivity index (χ1) is 10.3. The molecule has 0 amide bonds. The van der Waals surface area contributed by atoms with Gasteiger partial charge in [0.15, 0.2) is 0 Å². The summed E-state index contributed by atoms with van der Waals surface area (Å²) in [6.45, 7) is 3.47. The summed E-state index contributed by atoms with van der Waals surface area (Å²) in [7, 11) is 0. The number of hydrogen-bond donors (Lipinski definition) is 1. The average molecular weight is 283 g/mol. The van der Waals surface area contributed by atoms with Gasteiger partial charge in [-0.25, -0.2) is 9.07 Å². The van der Waals surface area contributed by atoms with Crippen LogP contribution in [0.5, 0.6) is 0 Å². The quantitative estimate of drug-likeness (QED) is 0.724. The number of benzene rings is 2. The van der Waals surface area contributed by atoms with Crippen LogP contribution < -0.4 is 5.32 Å². The molecule has 1 heterocycles. The SMILES string of the molecule is CCCNCc1c(F)cccc1-n1ncc2ccccc21. The molecule has 1 N–H and O–H groups in total. The van der Waals surface area contributed by atoms with Crippen LogP contribution in [0.15, 0.2) is 48.7 Å². The largest absolute Gasteiger partial charge is 0.312 e. The molecule has 3 nitrogen and oxygen atoms in total. The highest BCUT2D eigenvalue weighted by atomic mass is 19.1. The molecule has 0 aliphatic rings. The summed E-state index contributed by atoms with van der Waals surface area (Å²) in [4.78, 5) is 0. The second-order valence-corrected chi connectivity index (χ2v) is 5.03. The van der Waals surface area contributed by atoms with Crippen LogP contribution in [0.25, 0.3) is 16.6 Å². The van der Waals surface area contributed by atoms with E-state index in [1.54, 1.807) is 10.7 Å². The van der Waals surface area contributed by atoms with E-state index in [1.165, 1.54) is 6.07 Å². The number of nitrogens with zero attached hydrogens (tertiary/aromatic N) is 2. The number of aromatic nitrogens is 2. The van der Waals surface area contributed by atoms with E-state index in [1.807, 2.05) is 36.5 Å². The Morgan fingerprint density at radius 3 is 2.86 bits per heavy atom. The number of rotatable bonds is 5. The van der Waals surface area contributed by atoms with E-state index in [0.29, 0.717) is 12.1 Å². The minimum atomic E-state index is -0.198. The van der Waals surface area contributed by atoms with Gasteiger partial charge < -0.3 is 5.32 Å². The molecule has 0 aliphatic carbocycles. The van der Waals surface area contributed by atoms with Gasteiger partial charge in [-0.15, -0.1) is 0 Å². The van der Waals surface area contributed by atoms with Crippen molar-refractivity contribution in [2.45, 2.75) is 19.9 Å². The van der Waals surface area contributed by atoms with Crippen molar-refractivity contribution in [3.05, 3.63) is 60.0 Å². The van der Waals surface area contributed by atoms with Gasteiger partial charge in [0, 0.05) is 17.5 Å². The highest BCUT2D eigenvalue weighted by Gasteiger charge is 2.12. The molecular formula is C17H18FN3. The summed E-state index contributed by atoms with van der Waals surface area (Å²) < 4.78 is 16.0. The molecule has 3 rings (SSSR count). The van der Waals surface area contributed by atoms with Crippen LogP contribution in [-0.2, 0) is 6.54 Å². The average Bonchev–Trinajstić information content (AvgIpc) is 2.93. The molecule has 0 unspecified atom stereocenters. The number of para-hydroxylation sites is 1. The molecule has 0 saturated carbocycles. The van der Waals surface area contributed by atoms with Crippen molar-refractivity contribution in [3.63, 3.8) is 0 Å². The number of fused-ring (bicyclic) bond motifs is 1. The standard InChI is InChI=1S/C17H18FN3/c1-2-10-19-12-14-15(18)7-5-9-17(14)21-16-8-4-3-6-13(16)11-20-21/h3-9,11,19H,2,10,12H2,1H3. The molecule has 4 heteroatoms. The first-order valence-corrected chi connectivity index (χ1v) is 7.22. The van der Waals surface area contributed by atoms with Crippen molar-refractivity contribution >= 4 is 10.9 Å². The fourth-order valence-corrected chi connectivity index (χ4v) is 2.47. The first kappa shape index (κ1) is 13.8. The summed E-state index contributed by atoms with van der Waals surface area (Å²) in [5, 5.41) is 8.73. The predicted octanol–water partition coefficient (Wildman–Crippen LogP) is 3.66. The summed E-state index contributed by atoms with van der Waals surface area (Å²) in [5.41, 5.74) is 2.43. The molecule has 0 atom stereocenters. The van der Waals surface area contributed by atoms with Crippen molar-refractivity contribution in [1.29, 1.82) is 0 Å². The molecule has 0 bridgehead atoms.